The lowest BCUT2D eigenvalue weighted by Gasteiger charge is -2.40. The lowest BCUT2D eigenvalue weighted by molar-refractivity contribution is -0.130. The largest absolute Gasteiger partial charge is 0.381 e. The van der Waals surface area contributed by atoms with E-state index >= 15 is 0 Å². The smallest absolute Gasteiger partial charge is 0.240 e. The molecule has 0 radical (unpaired) electrons. The van der Waals surface area contributed by atoms with Gasteiger partial charge in [-0.1, -0.05) is 19.8 Å². The van der Waals surface area contributed by atoms with Crippen molar-refractivity contribution in [3.63, 3.8) is 0 Å². The average molecular weight is 240 g/mol. The summed E-state index contributed by atoms with van der Waals surface area (Å²) in [6.07, 6.45) is 6.07. The molecule has 0 aliphatic heterocycles. The van der Waals surface area contributed by atoms with Crippen LogP contribution in [0.5, 0.6) is 0 Å². The Hall–Kier alpha value is -0.610. The fourth-order valence-electron chi connectivity index (χ4n) is 3.00. The molecule has 4 heteroatoms. The molecular weight excluding hydrogens is 216 g/mol. The first kappa shape index (κ1) is 12.8. The second-order valence-electron chi connectivity index (χ2n) is 5.86. The third-order valence-electron chi connectivity index (χ3n) is 4.25. The summed E-state index contributed by atoms with van der Waals surface area (Å²) in [5, 5.41) is 3.07. The molecule has 3 N–H and O–H groups in total. The van der Waals surface area contributed by atoms with Gasteiger partial charge in [-0.15, -0.1) is 0 Å². The average Bonchev–Trinajstić information content (AvgIpc) is 2.22. The number of carbonyl (C=O) groups excluding carboxylic acids is 1. The SMILES string of the molecule is COC1CC(NC(=O)C2(N)CCCC(C)C2)C1. The van der Waals surface area contributed by atoms with Gasteiger partial charge in [0.15, 0.2) is 0 Å². The van der Waals surface area contributed by atoms with E-state index in [1.165, 1.54) is 6.42 Å². The Bertz CT molecular complexity index is 289. The number of amides is 1. The predicted molar refractivity (Wildman–Crippen MR) is 66.5 cm³/mol. The van der Waals surface area contributed by atoms with Gasteiger partial charge in [0.25, 0.3) is 0 Å². The predicted octanol–water partition coefficient (Wildman–Crippen LogP) is 1.19. The number of rotatable bonds is 3. The molecule has 4 nitrogen and oxygen atoms in total. The van der Waals surface area contributed by atoms with Gasteiger partial charge in [-0.25, -0.2) is 0 Å². The molecule has 2 fully saturated rings. The summed E-state index contributed by atoms with van der Waals surface area (Å²) in [5.41, 5.74) is 5.61. The maximum absolute atomic E-state index is 12.2. The van der Waals surface area contributed by atoms with Crippen LogP contribution < -0.4 is 11.1 Å². The minimum Gasteiger partial charge on any atom is -0.381 e. The van der Waals surface area contributed by atoms with E-state index in [1.807, 2.05) is 0 Å². The Labute approximate surface area is 103 Å². The van der Waals surface area contributed by atoms with Crippen molar-refractivity contribution >= 4 is 5.91 Å². The van der Waals surface area contributed by atoms with Crippen molar-refractivity contribution in [2.24, 2.45) is 11.7 Å². The topological polar surface area (TPSA) is 64.3 Å². The first-order valence-electron chi connectivity index (χ1n) is 6.66. The van der Waals surface area contributed by atoms with Gasteiger partial charge in [0.05, 0.1) is 11.6 Å². The van der Waals surface area contributed by atoms with Crippen LogP contribution in [0, 0.1) is 5.92 Å². The molecule has 2 aliphatic carbocycles. The van der Waals surface area contributed by atoms with Crippen LogP contribution in [-0.2, 0) is 9.53 Å². The summed E-state index contributed by atoms with van der Waals surface area (Å²) in [7, 11) is 1.72. The minimum absolute atomic E-state index is 0.0450. The zero-order valence-electron chi connectivity index (χ0n) is 10.9. The van der Waals surface area contributed by atoms with E-state index in [-0.39, 0.29) is 11.9 Å². The second-order valence-corrected chi connectivity index (χ2v) is 5.86. The standard InChI is InChI=1S/C13H24N2O2/c1-9-4-3-5-13(14,8-9)12(16)15-10-6-11(7-10)17-2/h9-11H,3-8,14H2,1-2H3,(H,15,16). The van der Waals surface area contributed by atoms with E-state index in [1.54, 1.807) is 7.11 Å². The van der Waals surface area contributed by atoms with E-state index in [4.69, 9.17) is 10.5 Å². The lowest BCUT2D eigenvalue weighted by atomic mass is 9.76. The quantitative estimate of drug-likeness (QED) is 0.779. The van der Waals surface area contributed by atoms with Gasteiger partial charge in [0.1, 0.15) is 0 Å². The first-order valence-corrected chi connectivity index (χ1v) is 6.66. The molecule has 2 unspecified atom stereocenters. The van der Waals surface area contributed by atoms with Gasteiger partial charge in [-0.05, 0) is 31.6 Å². The third-order valence-corrected chi connectivity index (χ3v) is 4.25. The highest BCUT2D eigenvalue weighted by atomic mass is 16.5. The molecule has 2 aliphatic rings. The molecular formula is C13H24N2O2. The third kappa shape index (κ3) is 2.80. The molecule has 0 aromatic rings. The lowest BCUT2D eigenvalue weighted by Crippen LogP contribution is -2.60. The highest BCUT2D eigenvalue weighted by molar-refractivity contribution is 5.86. The molecule has 2 atom stereocenters. The van der Waals surface area contributed by atoms with Gasteiger partial charge < -0.3 is 15.8 Å². The molecule has 0 aromatic carbocycles. The fraction of sp³-hybridized carbons (Fsp3) is 0.923. The summed E-state index contributed by atoms with van der Waals surface area (Å²) in [4.78, 5) is 12.2. The van der Waals surface area contributed by atoms with Crippen molar-refractivity contribution in [2.75, 3.05) is 7.11 Å². The summed E-state index contributed by atoms with van der Waals surface area (Å²) in [6.45, 7) is 2.18. The molecule has 0 bridgehead atoms. The van der Waals surface area contributed by atoms with Crippen LogP contribution in [0.2, 0.25) is 0 Å². The van der Waals surface area contributed by atoms with E-state index in [2.05, 4.69) is 12.2 Å². The van der Waals surface area contributed by atoms with Gasteiger partial charge in [-0.3, -0.25) is 4.79 Å². The van der Waals surface area contributed by atoms with Crippen LogP contribution in [0.15, 0.2) is 0 Å². The summed E-state index contributed by atoms with van der Waals surface area (Å²) in [6, 6.07) is 0.269. The summed E-state index contributed by atoms with van der Waals surface area (Å²) < 4.78 is 5.20. The van der Waals surface area contributed by atoms with E-state index in [0.29, 0.717) is 12.0 Å². The Kier molecular flexibility index (Phi) is 3.73. The van der Waals surface area contributed by atoms with Crippen LogP contribution in [0.1, 0.15) is 45.4 Å². The number of ether oxygens (including phenoxy) is 1. The minimum atomic E-state index is -0.629. The fourth-order valence-corrected chi connectivity index (χ4v) is 3.00. The zero-order valence-corrected chi connectivity index (χ0v) is 10.9. The maximum atomic E-state index is 12.2. The Morgan fingerprint density at radius 2 is 2.18 bits per heavy atom. The van der Waals surface area contributed by atoms with Crippen molar-refractivity contribution < 1.29 is 9.53 Å². The van der Waals surface area contributed by atoms with Gasteiger partial charge in [0.2, 0.25) is 5.91 Å². The van der Waals surface area contributed by atoms with Crippen molar-refractivity contribution in [2.45, 2.75) is 63.1 Å². The normalized spacial score (nSPS) is 41.7. The summed E-state index contributed by atoms with van der Waals surface area (Å²) in [5.74, 6) is 0.608. The van der Waals surface area contributed by atoms with Crippen molar-refractivity contribution in [1.82, 2.24) is 5.32 Å². The molecule has 0 aromatic heterocycles. The number of hydrogen-bond donors (Lipinski definition) is 2. The van der Waals surface area contributed by atoms with E-state index in [9.17, 15) is 4.79 Å². The highest BCUT2D eigenvalue weighted by Gasteiger charge is 2.40. The van der Waals surface area contributed by atoms with E-state index < -0.39 is 5.54 Å². The number of nitrogens with two attached hydrogens (primary N) is 1. The number of carbonyl (C=O) groups is 1. The molecule has 98 valence electrons. The highest BCUT2D eigenvalue weighted by Crippen LogP contribution is 2.31. The maximum Gasteiger partial charge on any atom is 0.240 e. The first-order chi connectivity index (χ1) is 8.03. The van der Waals surface area contributed by atoms with Gasteiger partial charge in [0, 0.05) is 13.2 Å². The molecule has 1 amide bonds. The monoisotopic (exact) mass is 240 g/mol. The molecule has 0 spiro atoms. The number of hydrogen-bond acceptors (Lipinski definition) is 3. The van der Waals surface area contributed by atoms with Crippen LogP contribution >= 0.6 is 0 Å². The van der Waals surface area contributed by atoms with Crippen LogP contribution in [-0.4, -0.2) is 30.7 Å². The summed E-state index contributed by atoms with van der Waals surface area (Å²) >= 11 is 0. The number of nitrogens with one attached hydrogen (secondary N) is 1. The number of methoxy groups -OCH3 is 1. The Morgan fingerprint density at radius 3 is 2.76 bits per heavy atom. The van der Waals surface area contributed by atoms with Crippen molar-refractivity contribution in [1.29, 1.82) is 0 Å². The molecule has 0 saturated heterocycles. The van der Waals surface area contributed by atoms with E-state index in [0.717, 1.165) is 32.1 Å². The van der Waals surface area contributed by atoms with Crippen molar-refractivity contribution in [3.8, 4) is 0 Å². The van der Waals surface area contributed by atoms with Crippen LogP contribution in [0.4, 0.5) is 0 Å². The van der Waals surface area contributed by atoms with Crippen molar-refractivity contribution in [3.05, 3.63) is 0 Å². The van der Waals surface area contributed by atoms with Gasteiger partial charge in [-0.2, -0.15) is 0 Å². The second kappa shape index (κ2) is 4.94. The zero-order chi connectivity index (χ0) is 12.5. The molecule has 0 heterocycles. The van der Waals surface area contributed by atoms with Gasteiger partial charge >= 0.3 is 0 Å². The molecule has 2 saturated carbocycles. The van der Waals surface area contributed by atoms with Crippen LogP contribution in [0.25, 0.3) is 0 Å². The Morgan fingerprint density at radius 1 is 1.47 bits per heavy atom. The molecule has 2 rings (SSSR count). The van der Waals surface area contributed by atoms with Crippen LogP contribution in [0.3, 0.4) is 0 Å². The Balaban J connectivity index is 1.83. The molecule has 17 heavy (non-hydrogen) atoms.